The zero-order chi connectivity index (χ0) is 21.3. The number of likely N-dealkylation sites (N-methyl/N-ethyl adjacent to an activating group) is 1. The van der Waals surface area contributed by atoms with Gasteiger partial charge in [-0.2, -0.15) is 16.4 Å². The Labute approximate surface area is 179 Å². The molecule has 2 N–H and O–H groups in total. The van der Waals surface area contributed by atoms with Gasteiger partial charge in [0.25, 0.3) is 5.91 Å². The molecule has 158 valence electrons. The van der Waals surface area contributed by atoms with Gasteiger partial charge in [-0.05, 0) is 56.2 Å². The number of hydrogen-bond acceptors (Lipinski definition) is 6. The smallest absolute Gasteiger partial charge is 0.272 e. The van der Waals surface area contributed by atoms with Gasteiger partial charge in [-0.3, -0.25) is 9.89 Å². The molecular formula is C22H26N4O3S. The van der Waals surface area contributed by atoms with Crippen molar-refractivity contribution in [1.82, 2.24) is 20.0 Å². The molecule has 0 saturated heterocycles. The molecule has 1 aromatic carbocycles. The number of nitrogens with one attached hydrogen (secondary N) is 1. The van der Waals surface area contributed by atoms with E-state index in [2.05, 4.69) is 10.2 Å². The molecule has 0 radical (unpaired) electrons. The fourth-order valence-corrected chi connectivity index (χ4v) is 4.42. The molecule has 3 heterocycles. The highest BCUT2D eigenvalue weighted by molar-refractivity contribution is 7.08. The lowest BCUT2D eigenvalue weighted by molar-refractivity contribution is 0.0299. The number of fused-ring (bicyclic) bond motifs is 1. The van der Waals surface area contributed by atoms with Crippen molar-refractivity contribution in [2.75, 3.05) is 33.8 Å². The molecule has 1 aliphatic heterocycles. The number of H-pyrrole nitrogens is 1. The van der Waals surface area contributed by atoms with Gasteiger partial charge in [-0.15, -0.1) is 0 Å². The van der Waals surface area contributed by atoms with Crippen LogP contribution in [0.25, 0.3) is 11.3 Å². The Bertz CT molecular complexity index is 1030. The summed E-state index contributed by atoms with van der Waals surface area (Å²) in [4.78, 5) is 16.8. The van der Waals surface area contributed by atoms with Gasteiger partial charge in [0, 0.05) is 29.6 Å². The van der Waals surface area contributed by atoms with Crippen LogP contribution >= 0.6 is 11.3 Å². The standard InChI is InChI=1S/C22H26N4O3S/c1-22(28,14-25(2)3)17-4-5-20-16(10-17)12-26(7-8-29-20)21(27)19-11-18(23-24-19)15-6-9-30-13-15/h4-6,9-11,13,28H,7-8,12,14H2,1-3H3,(H,23,24). The summed E-state index contributed by atoms with van der Waals surface area (Å²) in [6.45, 7) is 3.59. The van der Waals surface area contributed by atoms with E-state index in [4.69, 9.17) is 4.74 Å². The molecule has 0 spiro atoms. The molecular weight excluding hydrogens is 400 g/mol. The molecule has 8 heteroatoms. The minimum absolute atomic E-state index is 0.120. The predicted octanol–water partition coefficient (Wildman–Crippen LogP) is 2.94. The van der Waals surface area contributed by atoms with Gasteiger partial charge in [0.15, 0.2) is 0 Å². The second-order valence-corrected chi connectivity index (χ2v) is 8.87. The average molecular weight is 427 g/mol. The Morgan fingerprint density at radius 2 is 2.20 bits per heavy atom. The molecule has 2 aromatic heterocycles. The number of carbonyl (C=O) groups is 1. The average Bonchev–Trinajstić information content (AvgIpc) is 3.34. The molecule has 0 saturated carbocycles. The molecule has 0 fully saturated rings. The van der Waals surface area contributed by atoms with Crippen molar-refractivity contribution in [3.05, 3.63) is 57.9 Å². The van der Waals surface area contributed by atoms with Crippen LogP contribution in [0.3, 0.4) is 0 Å². The summed E-state index contributed by atoms with van der Waals surface area (Å²) in [5.74, 6) is 0.629. The van der Waals surface area contributed by atoms with Crippen molar-refractivity contribution >= 4 is 17.2 Å². The normalized spacial score (nSPS) is 16.0. The monoisotopic (exact) mass is 426 g/mol. The highest BCUT2D eigenvalue weighted by Crippen LogP contribution is 2.30. The van der Waals surface area contributed by atoms with Crippen LogP contribution in [0.5, 0.6) is 5.75 Å². The number of aliphatic hydroxyl groups is 1. The van der Waals surface area contributed by atoms with Crippen LogP contribution in [0.2, 0.25) is 0 Å². The first kappa shape index (κ1) is 20.6. The zero-order valence-electron chi connectivity index (χ0n) is 17.4. The van der Waals surface area contributed by atoms with Gasteiger partial charge in [-0.1, -0.05) is 6.07 Å². The van der Waals surface area contributed by atoms with Crippen LogP contribution in [-0.2, 0) is 12.1 Å². The summed E-state index contributed by atoms with van der Waals surface area (Å²) in [7, 11) is 3.85. The predicted molar refractivity (Wildman–Crippen MR) is 117 cm³/mol. The maximum atomic E-state index is 13.1. The molecule has 3 aromatic rings. The van der Waals surface area contributed by atoms with E-state index in [9.17, 15) is 9.90 Å². The first-order valence-electron chi connectivity index (χ1n) is 9.84. The molecule has 0 bridgehead atoms. The van der Waals surface area contributed by atoms with Crippen LogP contribution in [0.1, 0.15) is 28.5 Å². The number of carbonyl (C=O) groups excluding carboxylic acids is 1. The van der Waals surface area contributed by atoms with Crippen molar-refractivity contribution in [2.45, 2.75) is 19.1 Å². The van der Waals surface area contributed by atoms with Gasteiger partial charge in [0.2, 0.25) is 0 Å². The topological polar surface area (TPSA) is 81.7 Å². The maximum absolute atomic E-state index is 13.1. The number of aromatic amines is 1. The van der Waals surface area contributed by atoms with E-state index in [-0.39, 0.29) is 5.91 Å². The molecule has 7 nitrogen and oxygen atoms in total. The SMILES string of the molecule is CN(C)CC(C)(O)c1ccc2c(c1)CN(C(=O)c1cc(-c3ccsc3)n[nH]1)CCO2. The fraction of sp³-hybridized carbons (Fsp3) is 0.364. The summed E-state index contributed by atoms with van der Waals surface area (Å²) >= 11 is 1.59. The Hall–Kier alpha value is -2.68. The van der Waals surface area contributed by atoms with Crippen molar-refractivity contribution in [1.29, 1.82) is 0 Å². The number of thiophene rings is 1. The van der Waals surface area contributed by atoms with E-state index in [0.717, 1.165) is 28.1 Å². The van der Waals surface area contributed by atoms with Crippen molar-refractivity contribution in [2.24, 2.45) is 0 Å². The van der Waals surface area contributed by atoms with E-state index in [1.54, 1.807) is 29.2 Å². The minimum atomic E-state index is -1.00. The van der Waals surface area contributed by atoms with E-state index >= 15 is 0 Å². The third-order valence-electron chi connectivity index (χ3n) is 5.20. The van der Waals surface area contributed by atoms with Crippen LogP contribution in [-0.4, -0.2) is 64.8 Å². The van der Waals surface area contributed by atoms with Crippen molar-refractivity contribution < 1.29 is 14.6 Å². The summed E-state index contributed by atoms with van der Waals surface area (Å²) in [5.41, 5.74) is 2.89. The quantitative estimate of drug-likeness (QED) is 0.656. The van der Waals surface area contributed by atoms with E-state index in [0.29, 0.717) is 31.9 Å². The highest BCUT2D eigenvalue weighted by atomic mass is 32.1. The lowest BCUT2D eigenvalue weighted by atomic mass is 9.93. The number of rotatable bonds is 5. The molecule has 0 aliphatic carbocycles. The summed E-state index contributed by atoms with van der Waals surface area (Å²) in [6.07, 6.45) is 0. The van der Waals surface area contributed by atoms with Gasteiger partial charge in [-0.25, -0.2) is 0 Å². The summed E-state index contributed by atoms with van der Waals surface area (Å²) in [6, 6.07) is 9.48. The van der Waals surface area contributed by atoms with E-state index < -0.39 is 5.60 Å². The van der Waals surface area contributed by atoms with Gasteiger partial charge >= 0.3 is 0 Å². The third kappa shape index (κ3) is 4.26. The van der Waals surface area contributed by atoms with Crippen molar-refractivity contribution in [3.63, 3.8) is 0 Å². The van der Waals surface area contributed by atoms with Crippen LogP contribution in [0.15, 0.2) is 41.1 Å². The Kier molecular flexibility index (Phi) is 5.64. The summed E-state index contributed by atoms with van der Waals surface area (Å²) in [5, 5.41) is 22.0. The molecule has 30 heavy (non-hydrogen) atoms. The molecule has 1 aliphatic rings. The van der Waals surface area contributed by atoms with Crippen LogP contribution < -0.4 is 4.74 Å². The maximum Gasteiger partial charge on any atom is 0.272 e. The largest absolute Gasteiger partial charge is 0.491 e. The van der Waals surface area contributed by atoms with Crippen LogP contribution in [0, 0.1) is 0 Å². The number of benzene rings is 1. The molecule has 1 unspecified atom stereocenters. The number of aromatic nitrogens is 2. The second-order valence-electron chi connectivity index (χ2n) is 8.09. The number of amides is 1. The van der Waals surface area contributed by atoms with Gasteiger partial charge in [0.05, 0.1) is 17.8 Å². The first-order valence-corrected chi connectivity index (χ1v) is 10.8. The Morgan fingerprint density at radius 1 is 1.37 bits per heavy atom. The zero-order valence-corrected chi connectivity index (χ0v) is 18.2. The third-order valence-corrected chi connectivity index (χ3v) is 5.88. The summed E-state index contributed by atoms with van der Waals surface area (Å²) < 4.78 is 5.87. The number of nitrogens with zero attached hydrogens (tertiary/aromatic N) is 3. The molecule has 1 atom stereocenters. The molecule has 1 amide bonds. The first-order chi connectivity index (χ1) is 14.3. The number of hydrogen-bond donors (Lipinski definition) is 2. The van der Waals surface area contributed by atoms with Gasteiger partial charge in [0.1, 0.15) is 18.1 Å². The molecule has 4 rings (SSSR count). The lowest BCUT2D eigenvalue weighted by Crippen LogP contribution is -2.35. The van der Waals surface area contributed by atoms with E-state index in [1.807, 2.05) is 54.0 Å². The highest BCUT2D eigenvalue weighted by Gasteiger charge is 2.27. The number of ether oxygens (including phenoxy) is 1. The second kappa shape index (κ2) is 8.22. The van der Waals surface area contributed by atoms with Gasteiger partial charge < -0.3 is 19.6 Å². The minimum Gasteiger partial charge on any atom is -0.491 e. The fourth-order valence-electron chi connectivity index (χ4n) is 3.77. The Morgan fingerprint density at radius 3 is 2.93 bits per heavy atom. The Balaban J connectivity index is 1.57. The van der Waals surface area contributed by atoms with E-state index in [1.165, 1.54) is 0 Å². The van der Waals surface area contributed by atoms with Crippen molar-refractivity contribution in [3.8, 4) is 17.0 Å². The van der Waals surface area contributed by atoms with Crippen LogP contribution in [0.4, 0.5) is 0 Å². The lowest BCUT2D eigenvalue weighted by Gasteiger charge is -2.28.